The molecule has 0 radical (unpaired) electrons. The standard InChI is InChI=1S/4C18H19Cl2N7.C14H19N5.ClH/c2*1-26(17-13-2-3-21-16(13)22-9-23-17)12-4-10-7-27(8-11(10)5-12)15-6-14(19)24-18(20)25-15;2*1-26(17-13-2-3-21-16(13)22-9-23-17)12-4-10-7-27(8-11(10)5-12)18-24-14(19)6-15(20)25-18;1-19(11-4-9-6-15-7-10(9)5-11)14-12-2-3-16-13(12)17-8-18-14;/h4*2-3,6,9-12H,4-5,7-8H2,1H3,(H,21,22,23);2-3,8-11,15H,4-7H2,1H3,(H,16,17,18);1H/t4*10-,11+,12?;9-,10+,11?;. The largest absolute Gasteiger partial charge is 0.356 e. The fourth-order valence-corrected chi connectivity index (χ4v) is 23.8. The van der Waals surface area contributed by atoms with Gasteiger partial charge in [0, 0.05) is 173 Å². The molecule has 5 unspecified atom stereocenters. The molecule has 128 heavy (non-hydrogen) atoms. The van der Waals surface area contributed by atoms with Gasteiger partial charge in [0.1, 0.15) is 132 Å². The van der Waals surface area contributed by atoms with Crippen molar-refractivity contribution in [2.75, 3.05) is 145 Å². The minimum Gasteiger partial charge on any atom is -0.356 e. The summed E-state index contributed by atoms with van der Waals surface area (Å²) >= 11 is 48.2. The molecular formula is C86H96Cl9N33. The highest BCUT2D eigenvalue weighted by atomic mass is 35.5. The summed E-state index contributed by atoms with van der Waals surface area (Å²) in [4.78, 5) is 114. The third-order valence-electron chi connectivity index (χ3n) is 28.4. The van der Waals surface area contributed by atoms with Gasteiger partial charge < -0.3 is 74.3 Å². The number of aromatic nitrogens is 23. The van der Waals surface area contributed by atoms with E-state index in [0.29, 0.717) is 120 Å². The molecule has 5 saturated heterocycles. The van der Waals surface area contributed by atoms with Gasteiger partial charge in [-0.1, -0.05) is 69.6 Å². The molecule has 5 saturated carbocycles. The lowest BCUT2D eigenvalue weighted by atomic mass is 10.0. The zero-order chi connectivity index (χ0) is 87.0. The Labute approximate surface area is 784 Å². The quantitative estimate of drug-likeness (QED) is 0.0435. The average molecular weight is 1910 g/mol. The smallest absolute Gasteiger partial charge is 0.228 e. The van der Waals surface area contributed by atoms with Crippen LogP contribution in [0.4, 0.5) is 52.6 Å². The number of fused-ring (bicyclic) bond motifs is 10. The second kappa shape index (κ2) is 37.2. The van der Waals surface area contributed by atoms with Gasteiger partial charge in [0.25, 0.3) is 0 Å². The molecule has 6 N–H and O–H groups in total. The first kappa shape index (κ1) is 87.5. The van der Waals surface area contributed by atoms with Gasteiger partial charge in [0.2, 0.25) is 22.5 Å². The van der Waals surface area contributed by atoms with Crippen LogP contribution in [0.25, 0.3) is 55.2 Å². The molecule has 10 fully saturated rings. The fraction of sp³-hybridized carbons (Fsp3) is 0.465. The maximum Gasteiger partial charge on any atom is 0.228 e. The topological polar surface area (TPSA) is 352 Å². The van der Waals surface area contributed by atoms with Gasteiger partial charge in [0.15, 0.2) is 0 Å². The first-order valence-electron chi connectivity index (χ1n) is 43.2. The third-order valence-corrected chi connectivity index (χ3v) is 29.9. The normalized spacial score (nSPS) is 25.1. The van der Waals surface area contributed by atoms with Crippen molar-refractivity contribution in [1.29, 1.82) is 0 Å². The second-order valence-electron chi connectivity index (χ2n) is 35.5. The molecule has 42 heteroatoms. The van der Waals surface area contributed by atoms with E-state index in [1.165, 1.54) is 25.9 Å². The highest BCUT2D eigenvalue weighted by molar-refractivity contribution is 6.34. The predicted octanol–water partition coefficient (Wildman–Crippen LogP) is 15.4. The van der Waals surface area contributed by atoms with E-state index >= 15 is 0 Å². The van der Waals surface area contributed by atoms with E-state index in [-0.39, 0.29) is 23.0 Å². The SMILES string of the molecule is CN(c1ncnc2[nH]ccc12)C1C[C@@H]2CN(c3cc(Cl)nc(Cl)n3)C[C@@H]2C1.CN(c1ncnc2[nH]ccc12)C1C[C@@H]2CN(c3cc(Cl)nc(Cl)n3)C[C@@H]2C1.CN(c1ncnc2[nH]ccc12)C1C[C@@H]2CN(c3nc(Cl)cc(Cl)n3)C[C@@H]2C1.CN(c1ncnc2[nH]ccc12)C1C[C@@H]2CN(c3nc(Cl)cc(Cl)n3)C[C@@H]2C1.CN(c1ncnc2[nH]ccc12)C1C[C@H]2CNC[C@H]2C1.Cl. The van der Waals surface area contributed by atoms with Crippen LogP contribution < -0.4 is 49.4 Å². The van der Waals surface area contributed by atoms with Crippen molar-refractivity contribution in [1.82, 2.24) is 120 Å². The number of hydrogen-bond donors (Lipinski definition) is 6. The van der Waals surface area contributed by atoms with Crippen LogP contribution >= 0.6 is 105 Å². The van der Waals surface area contributed by atoms with Crippen LogP contribution in [-0.4, -0.2) is 246 Å². The summed E-state index contributed by atoms with van der Waals surface area (Å²) in [5, 5.41) is 11.6. The fourth-order valence-electron chi connectivity index (χ4n) is 22.2. The Hall–Kier alpha value is -9.81. The molecule has 33 nitrogen and oxygen atoms in total. The summed E-state index contributed by atoms with van der Waals surface area (Å²) < 4.78 is 0. The van der Waals surface area contributed by atoms with Gasteiger partial charge >= 0.3 is 0 Å². The summed E-state index contributed by atoms with van der Waals surface area (Å²) in [5.74, 6) is 14.7. The van der Waals surface area contributed by atoms with Gasteiger partial charge in [-0.3, -0.25) is 0 Å². The lowest BCUT2D eigenvalue weighted by Gasteiger charge is -2.28. The lowest BCUT2D eigenvalue weighted by molar-refractivity contribution is 0.494. The molecule has 5 aliphatic heterocycles. The van der Waals surface area contributed by atoms with Gasteiger partial charge in [-0.25, -0.2) is 89.7 Å². The van der Waals surface area contributed by atoms with E-state index in [9.17, 15) is 0 Å². The summed E-state index contributed by atoms with van der Waals surface area (Å²) in [5.41, 5.74) is 4.46. The first-order valence-corrected chi connectivity index (χ1v) is 46.2. The number of H-pyrrole nitrogens is 5. The van der Waals surface area contributed by atoms with Crippen molar-refractivity contribution in [2.24, 2.45) is 59.2 Å². The van der Waals surface area contributed by atoms with Crippen molar-refractivity contribution < 1.29 is 0 Å². The zero-order valence-electron chi connectivity index (χ0n) is 70.8. The van der Waals surface area contributed by atoms with Crippen LogP contribution in [0.5, 0.6) is 0 Å². The summed E-state index contributed by atoms with van der Waals surface area (Å²) in [7, 11) is 10.7. The van der Waals surface area contributed by atoms with E-state index < -0.39 is 0 Å². The second-order valence-corrected chi connectivity index (χ2v) is 38.5. The van der Waals surface area contributed by atoms with Crippen LogP contribution in [0.3, 0.4) is 0 Å². The van der Waals surface area contributed by atoms with Crippen LogP contribution in [0.1, 0.15) is 64.2 Å². The Morgan fingerprint density at radius 2 is 0.492 bits per heavy atom. The minimum atomic E-state index is 0. The van der Waals surface area contributed by atoms with Crippen LogP contribution in [0.2, 0.25) is 41.5 Å². The van der Waals surface area contributed by atoms with E-state index in [4.69, 9.17) is 92.8 Å². The van der Waals surface area contributed by atoms with E-state index in [0.717, 1.165) is 211 Å². The van der Waals surface area contributed by atoms with Crippen molar-refractivity contribution in [3.8, 4) is 0 Å². The Kier molecular flexibility index (Phi) is 25.4. The first-order chi connectivity index (χ1) is 61.6. The van der Waals surface area contributed by atoms with E-state index in [1.54, 1.807) is 55.9 Å². The summed E-state index contributed by atoms with van der Waals surface area (Å²) in [6.07, 6.45) is 29.4. The molecule has 0 amide bonds. The maximum atomic E-state index is 6.04. The molecule has 14 aromatic heterocycles. The molecule has 14 aromatic rings. The van der Waals surface area contributed by atoms with Gasteiger partial charge in [-0.15, -0.1) is 12.4 Å². The monoisotopic (exact) mass is 1910 g/mol. The summed E-state index contributed by atoms with van der Waals surface area (Å²) in [6, 6.07) is 19.5. The summed E-state index contributed by atoms with van der Waals surface area (Å²) in [6.45, 7) is 10.0. The number of anilines is 9. The van der Waals surface area contributed by atoms with Crippen LogP contribution in [-0.2, 0) is 0 Å². The number of aromatic amines is 5. The number of halogens is 9. The number of rotatable bonds is 14. The Balaban J connectivity index is 0.000000104. The number of nitrogens with zero attached hydrogens (tertiary/aromatic N) is 27. The van der Waals surface area contributed by atoms with Crippen LogP contribution in [0, 0.1) is 59.2 Å². The molecule has 0 bridgehead atoms. The van der Waals surface area contributed by atoms with Gasteiger partial charge in [0.05, 0.1) is 26.9 Å². The molecule has 5 aliphatic carbocycles. The van der Waals surface area contributed by atoms with Crippen LogP contribution in [0.15, 0.2) is 117 Å². The average Bonchev–Trinajstić information content (AvgIpc) is 1.64. The highest BCUT2D eigenvalue weighted by Crippen LogP contribution is 2.49. The maximum absolute atomic E-state index is 6.04. The molecule has 19 heterocycles. The Bertz CT molecular complexity index is 5490. The van der Waals surface area contributed by atoms with E-state index in [1.807, 2.05) is 55.2 Å². The molecule has 0 aromatic carbocycles. The molecule has 24 rings (SSSR count). The lowest BCUT2D eigenvalue weighted by Crippen LogP contribution is -2.33. The van der Waals surface area contributed by atoms with Crippen molar-refractivity contribution in [3.63, 3.8) is 0 Å². The van der Waals surface area contributed by atoms with Gasteiger partial charge in [-0.05, 0) is 190 Å². The molecule has 15 atom stereocenters. The van der Waals surface area contributed by atoms with Crippen molar-refractivity contribution in [2.45, 2.75) is 94.4 Å². The number of nitrogens with one attached hydrogen (secondary N) is 6. The minimum absolute atomic E-state index is 0. The number of hydrogen-bond acceptors (Lipinski definition) is 28. The Morgan fingerprint density at radius 1 is 0.273 bits per heavy atom. The van der Waals surface area contributed by atoms with Gasteiger partial charge in [-0.2, -0.15) is 0 Å². The predicted molar refractivity (Wildman–Crippen MR) is 509 cm³/mol. The molecule has 0 spiro atoms. The van der Waals surface area contributed by atoms with E-state index in [2.05, 4.69) is 205 Å². The molecular weight excluding hydrogens is 1810 g/mol. The van der Waals surface area contributed by atoms with Crippen molar-refractivity contribution in [3.05, 3.63) is 159 Å². The molecule has 10 aliphatic rings. The molecule has 668 valence electrons. The highest BCUT2D eigenvalue weighted by Gasteiger charge is 2.48. The Morgan fingerprint density at radius 3 is 0.727 bits per heavy atom. The third kappa shape index (κ3) is 18.1. The zero-order valence-corrected chi connectivity index (χ0v) is 77.6. The van der Waals surface area contributed by atoms with Crippen molar-refractivity contribution >= 4 is 213 Å².